The summed E-state index contributed by atoms with van der Waals surface area (Å²) in [6, 6.07) is 10.0. The van der Waals surface area contributed by atoms with Crippen LogP contribution in [-0.4, -0.2) is 15.0 Å². The molecule has 0 spiro atoms. The van der Waals surface area contributed by atoms with Crippen LogP contribution < -0.4 is 11.3 Å². The van der Waals surface area contributed by atoms with Crippen molar-refractivity contribution in [1.82, 2.24) is 20.4 Å². The Balaban J connectivity index is 2.32. The summed E-state index contributed by atoms with van der Waals surface area (Å²) in [6.45, 7) is 4.37. The Hall–Kier alpha value is -1.72. The Morgan fingerprint density at radius 3 is 2.68 bits per heavy atom. The van der Waals surface area contributed by atoms with Gasteiger partial charge in [-0.3, -0.25) is 11.3 Å². The molecule has 102 valence electrons. The molecule has 0 fully saturated rings. The minimum absolute atomic E-state index is 0.0511. The van der Waals surface area contributed by atoms with Crippen LogP contribution in [0.5, 0.6) is 0 Å². The molecule has 0 aliphatic heterocycles. The number of nitrogens with one attached hydrogen (secondary N) is 1. The molecule has 2 rings (SSSR count). The van der Waals surface area contributed by atoms with E-state index in [1.54, 1.807) is 6.20 Å². The maximum Gasteiger partial charge on any atom is 0.0831 e. The first-order valence-corrected chi connectivity index (χ1v) is 6.70. The van der Waals surface area contributed by atoms with Crippen molar-refractivity contribution in [3.8, 4) is 5.69 Å². The second kappa shape index (κ2) is 6.45. The third kappa shape index (κ3) is 3.00. The first kappa shape index (κ1) is 13.7. The molecule has 3 N–H and O–H groups in total. The predicted molar refractivity (Wildman–Crippen MR) is 75.5 cm³/mol. The first-order chi connectivity index (χ1) is 9.27. The Morgan fingerprint density at radius 1 is 1.32 bits per heavy atom. The average Bonchev–Trinajstić information content (AvgIpc) is 2.90. The lowest BCUT2D eigenvalue weighted by Crippen LogP contribution is -2.34. The van der Waals surface area contributed by atoms with E-state index in [4.69, 9.17) is 5.84 Å². The molecule has 1 aromatic carbocycles. The monoisotopic (exact) mass is 259 g/mol. The SMILES string of the molecule is CCCC(C)C(NN)c1cnnn1-c1ccccc1. The van der Waals surface area contributed by atoms with Gasteiger partial charge in [0.05, 0.1) is 23.6 Å². The first-order valence-electron chi connectivity index (χ1n) is 6.70. The maximum absolute atomic E-state index is 5.72. The predicted octanol–water partition coefficient (Wildman–Crippen LogP) is 2.21. The summed E-state index contributed by atoms with van der Waals surface area (Å²) in [5.74, 6) is 6.15. The van der Waals surface area contributed by atoms with Gasteiger partial charge in [0.25, 0.3) is 0 Å². The van der Waals surface area contributed by atoms with Gasteiger partial charge in [-0.2, -0.15) is 0 Å². The molecule has 1 aromatic heterocycles. The van der Waals surface area contributed by atoms with Gasteiger partial charge in [0, 0.05) is 0 Å². The van der Waals surface area contributed by atoms with Crippen molar-refractivity contribution in [1.29, 1.82) is 0 Å². The average molecular weight is 259 g/mol. The maximum atomic E-state index is 5.72. The third-order valence-electron chi connectivity index (χ3n) is 3.39. The van der Waals surface area contributed by atoms with Gasteiger partial charge in [-0.1, -0.05) is 43.7 Å². The molecule has 0 bridgehead atoms. The summed E-state index contributed by atoms with van der Waals surface area (Å²) in [6.07, 6.45) is 4.02. The van der Waals surface area contributed by atoms with Crippen molar-refractivity contribution >= 4 is 0 Å². The van der Waals surface area contributed by atoms with Gasteiger partial charge in [-0.05, 0) is 24.5 Å². The topological polar surface area (TPSA) is 68.8 Å². The number of hydrazine groups is 1. The smallest absolute Gasteiger partial charge is 0.0831 e. The molecular formula is C14H21N5. The Labute approximate surface area is 113 Å². The largest absolute Gasteiger partial charge is 0.271 e. The van der Waals surface area contributed by atoms with Crippen molar-refractivity contribution in [2.75, 3.05) is 0 Å². The number of hydrogen-bond donors (Lipinski definition) is 2. The highest BCUT2D eigenvalue weighted by Crippen LogP contribution is 2.25. The molecule has 0 aliphatic carbocycles. The molecule has 5 heteroatoms. The van der Waals surface area contributed by atoms with E-state index in [-0.39, 0.29) is 6.04 Å². The fourth-order valence-electron chi connectivity index (χ4n) is 2.39. The van der Waals surface area contributed by atoms with Gasteiger partial charge < -0.3 is 0 Å². The van der Waals surface area contributed by atoms with Crippen LogP contribution in [0.4, 0.5) is 0 Å². The van der Waals surface area contributed by atoms with Gasteiger partial charge in [0.2, 0.25) is 0 Å². The highest BCUT2D eigenvalue weighted by Gasteiger charge is 2.22. The molecule has 0 saturated carbocycles. The molecule has 0 saturated heterocycles. The minimum Gasteiger partial charge on any atom is -0.271 e. The zero-order chi connectivity index (χ0) is 13.7. The lowest BCUT2D eigenvalue weighted by molar-refractivity contribution is 0.355. The number of benzene rings is 1. The number of aromatic nitrogens is 3. The Kier molecular flexibility index (Phi) is 4.65. The fraction of sp³-hybridized carbons (Fsp3) is 0.429. The Bertz CT molecular complexity index is 494. The number of nitrogens with zero attached hydrogens (tertiary/aromatic N) is 3. The van der Waals surface area contributed by atoms with Crippen LogP contribution in [0.3, 0.4) is 0 Å². The van der Waals surface area contributed by atoms with Crippen LogP contribution in [0.1, 0.15) is 38.4 Å². The molecule has 2 aromatic rings. The summed E-state index contributed by atoms with van der Waals surface area (Å²) in [5, 5.41) is 8.20. The summed E-state index contributed by atoms with van der Waals surface area (Å²) in [7, 11) is 0. The van der Waals surface area contributed by atoms with E-state index >= 15 is 0 Å². The zero-order valence-electron chi connectivity index (χ0n) is 11.5. The molecule has 0 amide bonds. The van der Waals surface area contributed by atoms with Gasteiger partial charge in [-0.25, -0.2) is 4.68 Å². The van der Waals surface area contributed by atoms with Gasteiger partial charge >= 0.3 is 0 Å². The summed E-state index contributed by atoms with van der Waals surface area (Å²) >= 11 is 0. The molecule has 0 radical (unpaired) electrons. The number of rotatable bonds is 6. The van der Waals surface area contributed by atoms with E-state index in [2.05, 4.69) is 29.6 Å². The van der Waals surface area contributed by atoms with Crippen LogP contribution in [0.2, 0.25) is 0 Å². The zero-order valence-corrected chi connectivity index (χ0v) is 11.5. The summed E-state index contributed by atoms with van der Waals surface area (Å²) in [5.41, 5.74) is 4.89. The van der Waals surface area contributed by atoms with Crippen molar-refractivity contribution in [3.63, 3.8) is 0 Å². The van der Waals surface area contributed by atoms with Crippen molar-refractivity contribution in [2.24, 2.45) is 11.8 Å². The number of para-hydroxylation sites is 1. The molecular weight excluding hydrogens is 238 g/mol. The van der Waals surface area contributed by atoms with Gasteiger partial charge in [-0.15, -0.1) is 5.10 Å². The van der Waals surface area contributed by atoms with E-state index in [9.17, 15) is 0 Å². The summed E-state index contributed by atoms with van der Waals surface area (Å²) in [4.78, 5) is 0. The van der Waals surface area contributed by atoms with Crippen LogP contribution in [0.15, 0.2) is 36.5 Å². The third-order valence-corrected chi connectivity index (χ3v) is 3.39. The van der Waals surface area contributed by atoms with Crippen LogP contribution in [-0.2, 0) is 0 Å². The van der Waals surface area contributed by atoms with Crippen molar-refractivity contribution < 1.29 is 0 Å². The van der Waals surface area contributed by atoms with Crippen LogP contribution in [0.25, 0.3) is 5.69 Å². The van der Waals surface area contributed by atoms with E-state index in [0.29, 0.717) is 5.92 Å². The highest BCUT2D eigenvalue weighted by molar-refractivity contribution is 5.32. The number of nitrogens with two attached hydrogens (primary N) is 1. The van der Waals surface area contributed by atoms with Crippen molar-refractivity contribution in [3.05, 3.63) is 42.2 Å². The van der Waals surface area contributed by atoms with Gasteiger partial charge in [0.15, 0.2) is 0 Å². The van der Waals surface area contributed by atoms with E-state index < -0.39 is 0 Å². The van der Waals surface area contributed by atoms with Crippen molar-refractivity contribution in [2.45, 2.75) is 32.7 Å². The summed E-state index contributed by atoms with van der Waals surface area (Å²) < 4.78 is 1.84. The van der Waals surface area contributed by atoms with Crippen LogP contribution in [0, 0.1) is 5.92 Å². The van der Waals surface area contributed by atoms with Gasteiger partial charge in [0.1, 0.15) is 0 Å². The molecule has 2 atom stereocenters. The lowest BCUT2D eigenvalue weighted by Gasteiger charge is -2.23. The molecule has 5 nitrogen and oxygen atoms in total. The lowest BCUT2D eigenvalue weighted by atomic mass is 9.95. The number of hydrogen-bond acceptors (Lipinski definition) is 4. The minimum atomic E-state index is 0.0511. The quantitative estimate of drug-likeness (QED) is 0.616. The van der Waals surface area contributed by atoms with E-state index in [0.717, 1.165) is 24.2 Å². The molecule has 0 aliphatic rings. The standard InChI is InChI=1S/C14H21N5/c1-3-7-11(2)14(17-15)13-10-16-18-19(13)12-8-5-4-6-9-12/h4-6,8-11,14,17H,3,7,15H2,1-2H3. The highest BCUT2D eigenvalue weighted by atomic mass is 15.4. The Morgan fingerprint density at radius 2 is 2.05 bits per heavy atom. The normalized spacial score (nSPS) is 14.3. The molecule has 1 heterocycles. The fourth-order valence-corrected chi connectivity index (χ4v) is 2.39. The second-order valence-electron chi connectivity index (χ2n) is 4.82. The second-order valence-corrected chi connectivity index (χ2v) is 4.82. The van der Waals surface area contributed by atoms with E-state index in [1.165, 1.54) is 0 Å². The molecule has 19 heavy (non-hydrogen) atoms. The van der Waals surface area contributed by atoms with Crippen LogP contribution >= 0.6 is 0 Å². The molecule has 2 unspecified atom stereocenters. The van der Waals surface area contributed by atoms with E-state index in [1.807, 2.05) is 35.0 Å².